The Morgan fingerprint density at radius 3 is 1.66 bits per heavy atom. The molecule has 2 amide bonds. The second-order valence-electron chi connectivity index (χ2n) is 8.51. The van der Waals surface area contributed by atoms with Crippen LogP contribution in [0.2, 0.25) is 0 Å². The van der Waals surface area contributed by atoms with Crippen molar-refractivity contribution in [2.75, 3.05) is 32.7 Å². The molecule has 1 atom stereocenters. The lowest BCUT2D eigenvalue weighted by molar-refractivity contribution is -0.0186. The predicted molar refractivity (Wildman–Crippen MR) is 124 cm³/mol. The minimum Gasteiger partial charge on any atom is -0.335 e. The summed E-state index contributed by atoms with van der Waals surface area (Å²) in [6.45, 7) is 3.60. The molecule has 5 heteroatoms. The third-order valence-corrected chi connectivity index (χ3v) is 6.55. The van der Waals surface area contributed by atoms with Crippen LogP contribution in [0.15, 0.2) is 91.0 Å². The Bertz CT molecular complexity index is 1070. The Morgan fingerprint density at radius 2 is 1.09 bits per heavy atom. The molecule has 5 nitrogen and oxygen atoms in total. The van der Waals surface area contributed by atoms with E-state index in [1.54, 1.807) is 0 Å². The van der Waals surface area contributed by atoms with Crippen LogP contribution < -0.4 is 0 Å². The highest BCUT2D eigenvalue weighted by atomic mass is 16.2. The number of carbonyl (C=O) groups is 2. The molecule has 0 aliphatic carbocycles. The lowest BCUT2D eigenvalue weighted by atomic mass is 9.96. The Labute approximate surface area is 188 Å². The molecule has 5 rings (SSSR count). The van der Waals surface area contributed by atoms with Crippen molar-refractivity contribution < 1.29 is 9.59 Å². The molecule has 0 saturated carbocycles. The third kappa shape index (κ3) is 4.04. The van der Waals surface area contributed by atoms with Gasteiger partial charge < -0.3 is 9.80 Å². The summed E-state index contributed by atoms with van der Waals surface area (Å²) >= 11 is 0. The van der Waals surface area contributed by atoms with Crippen LogP contribution in [0.5, 0.6) is 0 Å². The van der Waals surface area contributed by atoms with Crippen molar-refractivity contribution in [3.63, 3.8) is 0 Å². The molecule has 2 aliphatic heterocycles. The molecular formula is C27H27N3O2. The van der Waals surface area contributed by atoms with Crippen LogP contribution in [0, 0.1) is 0 Å². The van der Waals surface area contributed by atoms with Gasteiger partial charge in [-0.15, -0.1) is 0 Å². The molecule has 3 aromatic rings. The first kappa shape index (κ1) is 20.5. The summed E-state index contributed by atoms with van der Waals surface area (Å²) in [5.41, 5.74) is 2.69. The van der Waals surface area contributed by atoms with Gasteiger partial charge in [0.25, 0.3) is 11.8 Å². The number of hydrogen-bond acceptors (Lipinski definition) is 3. The number of amides is 2. The van der Waals surface area contributed by atoms with Gasteiger partial charge in [-0.1, -0.05) is 66.7 Å². The molecule has 2 fully saturated rings. The van der Waals surface area contributed by atoms with E-state index in [1.165, 1.54) is 5.56 Å². The fraction of sp³-hybridized carbons (Fsp3) is 0.259. The van der Waals surface area contributed by atoms with Crippen LogP contribution in [0.4, 0.5) is 0 Å². The van der Waals surface area contributed by atoms with E-state index in [9.17, 15) is 9.59 Å². The number of piperazine rings is 1. The first-order chi connectivity index (χ1) is 15.7. The molecule has 2 saturated heterocycles. The highest BCUT2D eigenvalue weighted by Gasteiger charge is 2.41. The van der Waals surface area contributed by atoms with E-state index < -0.39 is 0 Å². The molecule has 0 spiro atoms. The van der Waals surface area contributed by atoms with Crippen LogP contribution in [0.1, 0.15) is 32.3 Å². The van der Waals surface area contributed by atoms with Crippen LogP contribution in [0.3, 0.4) is 0 Å². The fourth-order valence-electron chi connectivity index (χ4n) is 4.75. The van der Waals surface area contributed by atoms with Gasteiger partial charge in [-0.2, -0.15) is 0 Å². The van der Waals surface area contributed by atoms with Crippen molar-refractivity contribution in [2.45, 2.75) is 12.1 Å². The SMILES string of the molecule is O=C(c1ccccc1)N1CC(N2CCN(C(=O)c3ccccc3)CC2c2ccccc2)C1. The van der Waals surface area contributed by atoms with E-state index in [2.05, 4.69) is 29.2 Å². The maximum Gasteiger partial charge on any atom is 0.253 e. The number of rotatable bonds is 4. The standard InChI is InChI=1S/C27H27N3O2/c31-26(22-12-6-2-7-13-22)28-16-17-30(25(20-28)21-10-4-1-5-11-21)24-18-29(19-24)27(32)23-14-8-3-9-15-23/h1-15,24-25H,16-20H2. The molecule has 2 heterocycles. The lowest BCUT2D eigenvalue weighted by Gasteiger charge is -2.51. The summed E-state index contributed by atoms with van der Waals surface area (Å²) < 4.78 is 0. The molecule has 1 unspecified atom stereocenters. The molecule has 0 radical (unpaired) electrons. The Morgan fingerprint density at radius 1 is 0.594 bits per heavy atom. The number of likely N-dealkylation sites (tertiary alicyclic amines) is 1. The summed E-state index contributed by atoms with van der Waals surface area (Å²) in [5.74, 6) is 0.177. The first-order valence-electron chi connectivity index (χ1n) is 11.2. The monoisotopic (exact) mass is 425 g/mol. The molecule has 0 N–H and O–H groups in total. The van der Waals surface area contributed by atoms with Crippen LogP contribution in [-0.2, 0) is 0 Å². The molecule has 3 aromatic carbocycles. The first-order valence-corrected chi connectivity index (χ1v) is 11.2. The minimum absolute atomic E-state index is 0.0840. The van der Waals surface area contributed by atoms with E-state index in [1.807, 2.05) is 76.5 Å². The predicted octanol–water partition coefficient (Wildman–Crippen LogP) is 3.71. The zero-order valence-corrected chi connectivity index (χ0v) is 18.0. The van der Waals surface area contributed by atoms with Crippen LogP contribution >= 0.6 is 0 Å². The maximum absolute atomic E-state index is 13.1. The second-order valence-corrected chi connectivity index (χ2v) is 8.51. The molecular weight excluding hydrogens is 398 g/mol. The van der Waals surface area contributed by atoms with Crippen LogP contribution in [-0.4, -0.2) is 65.3 Å². The van der Waals surface area contributed by atoms with Gasteiger partial charge in [0.1, 0.15) is 0 Å². The summed E-state index contributed by atoms with van der Waals surface area (Å²) in [6.07, 6.45) is 0. The van der Waals surface area contributed by atoms with Crippen molar-refractivity contribution in [2.24, 2.45) is 0 Å². The Balaban J connectivity index is 1.31. The number of benzene rings is 3. The zero-order valence-electron chi connectivity index (χ0n) is 18.0. The molecule has 32 heavy (non-hydrogen) atoms. The maximum atomic E-state index is 13.1. The van der Waals surface area contributed by atoms with Gasteiger partial charge in [-0.3, -0.25) is 14.5 Å². The quantitative estimate of drug-likeness (QED) is 0.640. The Hall–Kier alpha value is -3.44. The molecule has 0 aromatic heterocycles. The smallest absolute Gasteiger partial charge is 0.253 e. The highest BCUT2D eigenvalue weighted by molar-refractivity contribution is 5.95. The number of carbonyl (C=O) groups excluding carboxylic acids is 2. The van der Waals surface area contributed by atoms with Crippen molar-refractivity contribution in [3.05, 3.63) is 108 Å². The zero-order chi connectivity index (χ0) is 21.9. The topological polar surface area (TPSA) is 43.9 Å². The van der Waals surface area contributed by atoms with Crippen molar-refractivity contribution in [3.8, 4) is 0 Å². The second kappa shape index (κ2) is 8.97. The Kier molecular flexibility index (Phi) is 5.73. The summed E-state index contributed by atoms with van der Waals surface area (Å²) in [4.78, 5) is 32.2. The highest BCUT2D eigenvalue weighted by Crippen LogP contribution is 2.31. The summed E-state index contributed by atoms with van der Waals surface area (Å²) in [7, 11) is 0. The average molecular weight is 426 g/mol. The summed E-state index contributed by atoms with van der Waals surface area (Å²) in [6, 6.07) is 29.8. The van der Waals surface area contributed by atoms with E-state index in [0.29, 0.717) is 19.1 Å². The minimum atomic E-state index is 0.0840. The van der Waals surface area contributed by atoms with E-state index in [-0.39, 0.29) is 17.9 Å². The van der Waals surface area contributed by atoms with Gasteiger partial charge in [-0.05, 0) is 29.8 Å². The van der Waals surface area contributed by atoms with Crippen molar-refractivity contribution in [1.82, 2.24) is 14.7 Å². The fourth-order valence-corrected chi connectivity index (χ4v) is 4.75. The molecule has 0 bridgehead atoms. The lowest BCUT2D eigenvalue weighted by Crippen LogP contribution is -2.65. The van der Waals surface area contributed by atoms with Gasteiger partial charge in [0, 0.05) is 49.9 Å². The van der Waals surface area contributed by atoms with E-state index in [0.717, 1.165) is 30.8 Å². The van der Waals surface area contributed by atoms with Gasteiger partial charge in [0.2, 0.25) is 0 Å². The summed E-state index contributed by atoms with van der Waals surface area (Å²) in [5, 5.41) is 0. The molecule has 162 valence electrons. The largest absolute Gasteiger partial charge is 0.335 e. The van der Waals surface area contributed by atoms with Crippen molar-refractivity contribution in [1.29, 1.82) is 0 Å². The van der Waals surface area contributed by atoms with Crippen LogP contribution in [0.25, 0.3) is 0 Å². The average Bonchev–Trinajstić information content (AvgIpc) is 2.84. The van der Waals surface area contributed by atoms with Gasteiger partial charge in [-0.25, -0.2) is 0 Å². The van der Waals surface area contributed by atoms with Gasteiger partial charge >= 0.3 is 0 Å². The van der Waals surface area contributed by atoms with E-state index >= 15 is 0 Å². The third-order valence-electron chi connectivity index (χ3n) is 6.55. The van der Waals surface area contributed by atoms with Crippen molar-refractivity contribution >= 4 is 11.8 Å². The van der Waals surface area contributed by atoms with Gasteiger partial charge in [0.15, 0.2) is 0 Å². The number of nitrogens with zero attached hydrogens (tertiary/aromatic N) is 3. The normalized spacial score (nSPS) is 19.4. The molecule has 2 aliphatic rings. The van der Waals surface area contributed by atoms with E-state index in [4.69, 9.17) is 0 Å². The number of hydrogen-bond donors (Lipinski definition) is 0. The van der Waals surface area contributed by atoms with Gasteiger partial charge in [0.05, 0.1) is 6.04 Å².